The summed E-state index contributed by atoms with van der Waals surface area (Å²) in [4.78, 5) is 14.1. The second-order valence-electron chi connectivity index (χ2n) is 5.75. The van der Waals surface area contributed by atoms with Crippen LogP contribution in [0.5, 0.6) is 0 Å². The molecular weight excluding hydrogens is 317 g/mol. The molecule has 0 fully saturated rings. The Morgan fingerprint density at radius 2 is 1.79 bits per heavy atom. The molecule has 1 aliphatic rings. The Hall–Kier alpha value is -2.34. The zero-order valence-electron chi connectivity index (χ0n) is 13.0. The van der Waals surface area contributed by atoms with Crippen molar-refractivity contribution in [2.75, 3.05) is 19.6 Å². The minimum Gasteiger partial charge on any atom is -0.337 e. The number of rotatable bonds is 5. The average Bonchev–Trinajstić information content (AvgIpc) is 2.58. The fourth-order valence-corrected chi connectivity index (χ4v) is 2.84. The maximum absolute atomic E-state index is 13.1. The molecule has 0 bridgehead atoms. The summed E-state index contributed by atoms with van der Waals surface area (Å²) in [5.41, 5.74) is 2.11. The molecule has 1 heterocycles. The van der Waals surface area contributed by atoms with E-state index in [1.54, 1.807) is 4.90 Å². The van der Waals surface area contributed by atoms with Crippen molar-refractivity contribution in [2.24, 2.45) is 0 Å². The van der Waals surface area contributed by atoms with E-state index in [9.17, 15) is 18.0 Å². The standard InChI is InChI=1S/C18H17F3N2O/c19-15-9-12(10-16(20)17(15)21)11-22-6-8-23-7-5-13-3-1-2-4-14(13)18(23)24/h1-4,9-10,22H,5-8,11H2. The Morgan fingerprint density at radius 3 is 2.54 bits per heavy atom. The highest BCUT2D eigenvalue weighted by atomic mass is 19.2. The number of halogens is 3. The number of fused-ring (bicyclic) bond motifs is 1. The Bertz CT molecular complexity index is 741. The number of benzene rings is 2. The lowest BCUT2D eigenvalue weighted by atomic mass is 9.99. The smallest absolute Gasteiger partial charge is 0.254 e. The molecule has 3 rings (SSSR count). The summed E-state index contributed by atoms with van der Waals surface area (Å²) in [6.07, 6.45) is 0.816. The number of hydrogen-bond acceptors (Lipinski definition) is 2. The van der Waals surface area contributed by atoms with E-state index < -0.39 is 17.5 Å². The Labute approximate surface area is 138 Å². The SMILES string of the molecule is O=C1c2ccccc2CCN1CCNCc1cc(F)c(F)c(F)c1. The lowest BCUT2D eigenvalue weighted by molar-refractivity contribution is 0.0741. The second-order valence-corrected chi connectivity index (χ2v) is 5.75. The summed E-state index contributed by atoms with van der Waals surface area (Å²) < 4.78 is 39.2. The lowest BCUT2D eigenvalue weighted by Crippen LogP contribution is -2.41. The van der Waals surface area contributed by atoms with E-state index in [1.807, 2.05) is 24.3 Å². The van der Waals surface area contributed by atoms with Crippen molar-refractivity contribution < 1.29 is 18.0 Å². The number of carbonyl (C=O) groups excluding carboxylic acids is 1. The van der Waals surface area contributed by atoms with Gasteiger partial charge >= 0.3 is 0 Å². The number of hydrogen-bond donors (Lipinski definition) is 1. The number of nitrogens with zero attached hydrogens (tertiary/aromatic N) is 1. The summed E-state index contributed by atoms with van der Waals surface area (Å²) in [5, 5.41) is 3.02. The van der Waals surface area contributed by atoms with Gasteiger partial charge in [-0.05, 0) is 35.7 Å². The molecule has 0 atom stereocenters. The topological polar surface area (TPSA) is 32.3 Å². The summed E-state index contributed by atoms with van der Waals surface area (Å²) in [5.74, 6) is -3.86. The van der Waals surface area contributed by atoms with Crippen molar-refractivity contribution in [1.29, 1.82) is 0 Å². The first-order valence-corrected chi connectivity index (χ1v) is 7.77. The zero-order chi connectivity index (χ0) is 17.1. The Balaban J connectivity index is 1.52. The molecule has 2 aromatic rings. The van der Waals surface area contributed by atoms with Gasteiger partial charge in [-0.1, -0.05) is 18.2 Å². The van der Waals surface area contributed by atoms with Gasteiger partial charge in [0.15, 0.2) is 17.5 Å². The molecule has 0 saturated carbocycles. The van der Waals surface area contributed by atoms with E-state index in [-0.39, 0.29) is 12.5 Å². The molecule has 0 radical (unpaired) electrons. The fourth-order valence-electron chi connectivity index (χ4n) is 2.84. The first-order chi connectivity index (χ1) is 11.6. The Morgan fingerprint density at radius 1 is 1.08 bits per heavy atom. The van der Waals surface area contributed by atoms with Crippen LogP contribution in [0.1, 0.15) is 21.5 Å². The van der Waals surface area contributed by atoms with Crippen molar-refractivity contribution in [3.05, 3.63) is 70.5 Å². The van der Waals surface area contributed by atoms with Crippen molar-refractivity contribution in [2.45, 2.75) is 13.0 Å². The first-order valence-electron chi connectivity index (χ1n) is 7.77. The molecule has 126 valence electrons. The van der Waals surface area contributed by atoms with Gasteiger partial charge in [-0.15, -0.1) is 0 Å². The van der Waals surface area contributed by atoms with E-state index in [4.69, 9.17) is 0 Å². The van der Waals surface area contributed by atoms with Crippen LogP contribution in [0.3, 0.4) is 0 Å². The summed E-state index contributed by atoms with van der Waals surface area (Å²) in [6, 6.07) is 9.48. The molecule has 1 N–H and O–H groups in total. The molecule has 1 aliphatic heterocycles. The third-order valence-corrected chi connectivity index (χ3v) is 4.12. The summed E-state index contributed by atoms with van der Waals surface area (Å²) in [7, 11) is 0. The van der Waals surface area contributed by atoms with E-state index >= 15 is 0 Å². The van der Waals surface area contributed by atoms with Gasteiger partial charge in [-0.3, -0.25) is 4.79 Å². The van der Waals surface area contributed by atoms with Crippen molar-refractivity contribution >= 4 is 5.91 Å². The van der Waals surface area contributed by atoms with Crippen molar-refractivity contribution in [1.82, 2.24) is 10.2 Å². The highest BCUT2D eigenvalue weighted by Crippen LogP contribution is 2.18. The quantitative estimate of drug-likeness (QED) is 0.674. The molecule has 0 saturated heterocycles. The average molecular weight is 334 g/mol. The zero-order valence-corrected chi connectivity index (χ0v) is 13.0. The van der Waals surface area contributed by atoms with Crippen LogP contribution >= 0.6 is 0 Å². The summed E-state index contributed by atoms with van der Waals surface area (Å²) in [6.45, 7) is 1.83. The van der Waals surface area contributed by atoms with Gasteiger partial charge in [0.1, 0.15) is 0 Å². The minimum atomic E-state index is -1.46. The third kappa shape index (κ3) is 3.43. The van der Waals surface area contributed by atoms with Crippen LogP contribution in [0.2, 0.25) is 0 Å². The van der Waals surface area contributed by atoms with Gasteiger partial charge in [0.25, 0.3) is 5.91 Å². The van der Waals surface area contributed by atoms with Gasteiger partial charge in [-0.25, -0.2) is 13.2 Å². The van der Waals surface area contributed by atoms with E-state index in [0.29, 0.717) is 25.2 Å². The van der Waals surface area contributed by atoms with Crippen LogP contribution < -0.4 is 5.32 Å². The number of amides is 1. The maximum atomic E-state index is 13.1. The van der Waals surface area contributed by atoms with Crippen LogP contribution in [0, 0.1) is 17.5 Å². The molecule has 0 spiro atoms. The third-order valence-electron chi connectivity index (χ3n) is 4.12. The van der Waals surface area contributed by atoms with Crippen LogP contribution in [0.15, 0.2) is 36.4 Å². The number of nitrogens with one attached hydrogen (secondary N) is 1. The molecule has 0 unspecified atom stereocenters. The van der Waals surface area contributed by atoms with Gasteiger partial charge in [0.2, 0.25) is 0 Å². The highest BCUT2D eigenvalue weighted by molar-refractivity contribution is 5.96. The predicted molar refractivity (Wildman–Crippen MR) is 84.1 cm³/mol. The van der Waals surface area contributed by atoms with Crippen molar-refractivity contribution in [3.63, 3.8) is 0 Å². The molecule has 24 heavy (non-hydrogen) atoms. The largest absolute Gasteiger partial charge is 0.337 e. The van der Waals surface area contributed by atoms with Crippen molar-refractivity contribution in [3.8, 4) is 0 Å². The predicted octanol–water partition coefficient (Wildman–Crippen LogP) is 2.89. The normalized spacial score (nSPS) is 14.0. The first kappa shape index (κ1) is 16.5. The molecule has 6 heteroatoms. The van der Waals surface area contributed by atoms with E-state index in [2.05, 4.69) is 5.32 Å². The monoisotopic (exact) mass is 334 g/mol. The van der Waals surface area contributed by atoms with Gasteiger partial charge < -0.3 is 10.2 Å². The minimum absolute atomic E-state index is 0.00230. The summed E-state index contributed by atoms with van der Waals surface area (Å²) >= 11 is 0. The van der Waals surface area contributed by atoms with E-state index in [1.165, 1.54) is 0 Å². The van der Waals surface area contributed by atoms with Gasteiger partial charge in [0, 0.05) is 31.7 Å². The fraction of sp³-hybridized carbons (Fsp3) is 0.278. The molecule has 2 aromatic carbocycles. The van der Waals surface area contributed by atoms with Gasteiger partial charge in [0.05, 0.1) is 0 Å². The molecule has 0 aliphatic carbocycles. The highest BCUT2D eigenvalue weighted by Gasteiger charge is 2.23. The molecule has 0 aromatic heterocycles. The van der Waals surface area contributed by atoms with Crippen LogP contribution in [-0.4, -0.2) is 30.4 Å². The number of carbonyl (C=O) groups is 1. The lowest BCUT2D eigenvalue weighted by Gasteiger charge is -2.28. The Kier molecular flexibility index (Phi) is 4.85. The van der Waals surface area contributed by atoms with Gasteiger partial charge in [-0.2, -0.15) is 0 Å². The second kappa shape index (κ2) is 7.05. The van der Waals surface area contributed by atoms with Crippen LogP contribution in [0.25, 0.3) is 0 Å². The van der Waals surface area contributed by atoms with Crippen LogP contribution in [-0.2, 0) is 13.0 Å². The molecular formula is C18H17F3N2O. The van der Waals surface area contributed by atoms with E-state index in [0.717, 1.165) is 29.7 Å². The maximum Gasteiger partial charge on any atom is 0.254 e. The van der Waals surface area contributed by atoms with Crippen LogP contribution in [0.4, 0.5) is 13.2 Å². The molecule has 1 amide bonds. The molecule has 3 nitrogen and oxygen atoms in total.